The second-order valence-electron chi connectivity index (χ2n) is 3.39. The monoisotopic (exact) mass is 305 g/mol. The number of carbonyl (C=O) groups is 1. The van der Waals surface area contributed by atoms with Gasteiger partial charge in [0.1, 0.15) is 5.82 Å². The number of hydrogen-bond donors (Lipinski definition) is 1. The van der Waals surface area contributed by atoms with Crippen LogP contribution >= 0.6 is 27.7 Å². The number of hydrogen-bond acceptors (Lipinski definition) is 2. The third-order valence-electron chi connectivity index (χ3n) is 2.13. The second-order valence-corrected chi connectivity index (χ2v) is 5.52. The lowest BCUT2D eigenvalue weighted by atomic mass is 10.2. The Bertz CT molecular complexity index is 386. The van der Waals surface area contributed by atoms with Crippen molar-refractivity contribution in [3.63, 3.8) is 0 Å². The number of rotatable bonds is 4. The maximum absolute atomic E-state index is 13.2. The van der Waals surface area contributed by atoms with Crippen LogP contribution in [0, 0.1) is 5.82 Å². The molecule has 0 bridgehead atoms. The highest BCUT2D eigenvalue weighted by molar-refractivity contribution is 9.10. The molecule has 0 spiro atoms. The molecule has 0 saturated heterocycles. The van der Waals surface area contributed by atoms with E-state index in [2.05, 4.69) is 21.2 Å². The summed E-state index contributed by atoms with van der Waals surface area (Å²) in [7, 11) is 0. The molecule has 0 aliphatic heterocycles. The average molecular weight is 306 g/mol. The van der Waals surface area contributed by atoms with E-state index in [-0.39, 0.29) is 5.91 Å². The molecule has 1 unspecified atom stereocenters. The predicted octanol–water partition coefficient (Wildman–Crippen LogP) is 3.07. The Balaban J connectivity index is 2.63. The molecular formula is C11H13BrFNOS. The van der Waals surface area contributed by atoms with Crippen LogP contribution in [0.25, 0.3) is 0 Å². The summed E-state index contributed by atoms with van der Waals surface area (Å²) in [6, 6.07) is 4.34. The van der Waals surface area contributed by atoms with Crippen molar-refractivity contribution in [1.29, 1.82) is 0 Å². The molecule has 0 saturated carbocycles. The van der Waals surface area contributed by atoms with Crippen LogP contribution in [0.1, 0.15) is 17.3 Å². The van der Waals surface area contributed by atoms with Crippen molar-refractivity contribution in [3.05, 3.63) is 34.1 Å². The van der Waals surface area contributed by atoms with Gasteiger partial charge in [-0.2, -0.15) is 11.8 Å². The first-order valence-electron chi connectivity index (χ1n) is 4.80. The maximum Gasteiger partial charge on any atom is 0.251 e. The van der Waals surface area contributed by atoms with Crippen LogP contribution in [0.2, 0.25) is 0 Å². The lowest BCUT2D eigenvalue weighted by Gasteiger charge is -2.10. The van der Waals surface area contributed by atoms with Crippen molar-refractivity contribution < 1.29 is 9.18 Å². The van der Waals surface area contributed by atoms with Gasteiger partial charge < -0.3 is 5.32 Å². The number of amides is 1. The van der Waals surface area contributed by atoms with E-state index in [1.54, 1.807) is 17.8 Å². The number of benzene rings is 1. The summed E-state index contributed by atoms with van der Waals surface area (Å²) in [6.07, 6.45) is 1.98. The molecule has 0 aromatic heterocycles. The number of halogens is 2. The van der Waals surface area contributed by atoms with Gasteiger partial charge in [0.2, 0.25) is 0 Å². The summed E-state index contributed by atoms with van der Waals surface area (Å²) in [4.78, 5) is 11.6. The van der Waals surface area contributed by atoms with Crippen molar-refractivity contribution in [3.8, 4) is 0 Å². The summed E-state index contributed by atoms with van der Waals surface area (Å²) in [6.45, 7) is 2.60. The quantitative estimate of drug-likeness (QED) is 0.926. The van der Waals surface area contributed by atoms with E-state index in [0.29, 0.717) is 21.8 Å². The van der Waals surface area contributed by atoms with Gasteiger partial charge in [0.15, 0.2) is 0 Å². The summed E-state index contributed by atoms with van der Waals surface area (Å²) in [5.74, 6) is -0.669. The highest BCUT2D eigenvalue weighted by Crippen LogP contribution is 2.16. The summed E-state index contributed by atoms with van der Waals surface area (Å²) >= 11 is 4.71. The standard InChI is InChI=1S/C11H13BrFNOS/c1-7(16-2)6-14-11(15)8-3-4-9(12)10(13)5-8/h3-5,7H,6H2,1-2H3,(H,14,15). The van der Waals surface area contributed by atoms with Gasteiger partial charge in [-0.25, -0.2) is 4.39 Å². The van der Waals surface area contributed by atoms with Gasteiger partial charge in [-0.15, -0.1) is 0 Å². The zero-order valence-corrected chi connectivity index (χ0v) is 11.5. The number of thioether (sulfide) groups is 1. The summed E-state index contributed by atoms with van der Waals surface area (Å²) in [5, 5.41) is 3.11. The van der Waals surface area contributed by atoms with Gasteiger partial charge in [0, 0.05) is 17.4 Å². The molecule has 0 fully saturated rings. The van der Waals surface area contributed by atoms with Crippen molar-refractivity contribution in [2.45, 2.75) is 12.2 Å². The maximum atomic E-state index is 13.2. The molecule has 16 heavy (non-hydrogen) atoms. The summed E-state index contributed by atoms with van der Waals surface area (Å²) in [5.41, 5.74) is 0.342. The first-order valence-corrected chi connectivity index (χ1v) is 6.88. The van der Waals surface area contributed by atoms with Crippen LogP contribution in [0.3, 0.4) is 0 Å². The zero-order valence-electron chi connectivity index (χ0n) is 9.09. The van der Waals surface area contributed by atoms with Gasteiger partial charge in [-0.05, 0) is 40.4 Å². The van der Waals surface area contributed by atoms with E-state index in [1.807, 2.05) is 13.2 Å². The molecule has 1 aromatic carbocycles. The van der Waals surface area contributed by atoms with Crippen molar-refractivity contribution in [2.75, 3.05) is 12.8 Å². The minimum absolute atomic E-state index is 0.243. The fourth-order valence-electron chi connectivity index (χ4n) is 1.06. The largest absolute Gasteiger partial charge is 0.351 e. The number of carbonyl (C=O) groups excluding carboxylic acids is 1. The first kappa shape index (κ1) is 13.5. The molecule has 0 heterocycles. The van der Waals surface area contributed by atoms with E-state index in [4.69, 9.17) is 0 Å². The van der Waals surface area contributed by atoms with E-state index in [1.165, 1.54) is 12.1 Å². The third kappa shape index (κ3) is 3.79. The first-order chi connectivity index (χ1) is 7.54. The van der Waals surface area contributed by atoms with Crippen LogP contribution < -0.4 is 5.32 Å². The van der Waals surface area contributed by atoms with E-state index >= 15 is 0 Å². The molecule has 0 aliphatic carbocycles. The molecule has 1 amide bonds. The topological polar surface area (TPSA) is 29.1 Å². The van der Waals surface area contributed by atoms with Crippen LogP contribution in [0.5, 0.6) is 0 Å². The molecule has 88 valence electrons. The molecule has 1 atom stereocenters. The second kappa shape index (κ2) is 6.25. The summed E-state index contributed by atoms with van der Waals surface area (Å²) < 4.78 is 13.5. The Morgan fingerprint density at radius 1 is 1.62 bits per heavy atom. The molecule has 5 heteroatoms. The molecular weight excluding hydrogens is 293 g/mol. The van der Waals surface area contributed by atoms with E-state index in [0.717, 1.165) is 0 Å². The van der Waals surface area contributed by atoms with Crippen LogP contribution in [-0.2, 0) is 0 Å². The Hall–Kier alpha value is -0.550. The minimum Gasteiger partial charge on any atom is -0.351 e. The van der Waals surface area contributed by atoms with Gasteiger partial charge in [-0.1, -0.05) is 6.92 Å². The molecule has 1 aromatic rings. The smallest absolute Gasteiger partial charge is 0.251 e. The van der Waals surface area contributed by atoms with Gasteiger partial charge in [0.05, 0.1) is 4.47 Å². The van der Waals surface area contributed by atoms with Gasteiger partial charge in [0.25, 0.3) is 5.91 Å². The SMILES string of the molecule is CSC(C)CNC(=O)c1ccc(Br)c(F)c1. The van der Waals surface area contributed by atoms with Crippen molar-refractivity contribution >= 4 is 33.6 Å². The minimum atomic E-state index is -0.425. The van der Waals surface area contributed by atoms with Gasteiger partial charge >= 0.3 is 0 Å². The van der Waals surface area contributed by atoms with Gasteiger partial charge in [-0.3, -0.25) is 4.79 Å². The number of nitrogens with one attached hydrogen (secondary N) is 1. The van der Waals surface area contributed by atoms with Crippen molar-refractivity contribution in [2.24, 2.45) is 0 Å². The van der Waals surface area contributed by atoms with Crippen LogP contribution in [0.4, 0.5) is 4.39 Å². The fraction of sp³-hybridized carbons (Fsp3) is 0.364. The zero-order chi connectivity index (χ0) is 12.1. The highest BCUT2D eigenvalue weighted by atomic mass is 79.9. The Morgan fingerprint density at radius 3 is 2.88 bits per heavy atom. The molecule has 1 N–H and O–H groups in total. The fourth-order valence-corrected chi connectivity index (χ4v) is 1.56. The van der Waals surface area contributed by atoms with Crippen LogP contribution in [0.15, 0.2) is 22.7 Å². The molecule has 0 aliphatic rings. The average Bonchev–Trinajstić information content (AvgIpc) is 2.29. The molecule has 1 rings (SSSR count). The Morgan fingerprint density at radius 2 is 2.31 bits per heavy atom. The predicted molar refractivity (Wildman–Crippen MR) is 69.4 cm³/mol. The molecule has 2 nitrogen and oxygen atoms in total. The van der Waals surface area contributed by atoms with E-state index in [9.17, 15) is 9.18 Å². The normalized spacial score (nSPS) is 12.2. The van der Waals surface area contributed by atoms with E-state index < -0.39 is 5.82 Å². The highest BCUT2D eigenvalue weighted by Gasteiger charge is 2.09. The lowest BCUT2D eigenvalue weighted by molar-refractivity contribution is 0.0953. The lowest BCUT2D eigenvalue weighted by Crippen LogP contribution is -2.29. The molecule has 0 radical (unpaired) electrons. The van der Waals surface area contributed by atoms with Crippen LogP contribution in [-0.4, -0.2) is 24.0 Å². The Kier molecular flexibility index (Phi) is 5.28. The third-order valence-corrected chi connectivity index (χ3v) is 3.75. The Labute approximate surface area is 107 Å². The van der Waals surface area contributed by atoms with Crippen molar-refractivity contribution in [1.82, 2.24) is 5.32 Å².